The smallest absolute Gasteiger partial charge is 0.256 e. The van der Waals surface area contributed by atoms with Gasteiger partial charge in [0.1, 0.15) is 5.82 Å². The second kappa shape index (κ2) is 9.44. The van der Waals surface area contributed by atoms with E-state index in [-0.39, 0.29) is 17.3 Å². The third-order valence-electron chi connectivity index (χ3n) is 5.17. The molecule has 0 unspecified atom stereocenters. The van der Waals surface area contributed by atoms with Gasteiger partial charge in [0.25, 0.3) is 5.91 Å². The van der Waals surface area contributed by atoms with Crippen molar-refractivity contribution in [3.8, 4) is 11.1 Å². The lowest BCUT2D eigenvalue weighted by Crippen LogP contribution is -2.27. The molecule has 0 spiro atoms. The van der Waals surface area contributed by atoms with Gasteiger partial charge in [-0.2, -0.15) is 0 Å². The second-order valence-corrected chi connectivity index (χ2v) is 7.32. The summed E-state index contributed by atoms with van der Waals surface area (Å²) in [5, 5.41) is 0. The molecule has 3 aromatic rings. The average molecular weight is 404 g/mol. The Balaban J connectivity index is 1.69. The quantitative estimate of drug-likeness (QED) is 0.515. The zero-order chi connectivity index (χ0) is 21.7. The molecule has 30 heavy (non-hydrogen) atoms. The number of amides is 1. The first-order valence-electron chi connectivity index (χ1n) is 9.99. The van der Waals surface area contributed by atoms with E-state index in [2.05, 4.69) is 4.98 Å². The summed E-state index contributed by atoms with van der Waals surface area (Å²) in [5.41, 5.74) is 4.11. The number of carbonyl (C=O) groups excluding carboxylic acids is 2. The molecule has 0 fully saturated rings. The summed E-state index contributed by atoms with van der Waals surface area (Å²) in [4.78, 5) is 30.4. The van der Waals surface area contributed by atoms with Gasteiger partial charge in [0.05, 0.1) is 5.56 Å². The van der Waals surface area contributed by atoms with Gasteiger partial charge >= 0.3 is 0 Å². The van der Waals surface area contributed by atoms with Crippen molar-refractivity contribution in [2.45, 2.75) is 26.7 Å². The summed E-state index contributed by atoms with van der Waals surface area (Å²) in [6.45, 7) is 4.28. The Morgan fingerprint density at radius 1 is 1.00 bits per heavy atom. The van der Waals surface area contributed by atoms with Crippen LogP contribution in [0.1, 0.15) is 45.3 Å². The number of hydrogen-bond acceptors (Lipinski definition) is 3. The summed E-state index contributed by atoms with van der Waals surface area (Å²) in [6.07, 6.45) is 2.84. The van der Waals surface area contributed by atoms with Gasteiger partial charge in [-0.05, 0) is 55.2 Å². The number of benzene rings is 2. The molecule has 0 saturated heterocycles. The molecule has 1 aromatic heterocycles. The molecule has 5 heteroatoms. The van der Waals surface area contributed by atoms with Crippen LogP contribution in [0.15, 0.2) is 60.8 Å². The van der Waals surface area contributed by atoms with Crippen LogP contribution in [0.4, 0.5) is 4.39 Å². The van der Waals surface area contributed by atoms with Crippen molar-refractivity contribution in [2.75, 3.05) is 13.6 Å². The summed E-state index contributed by atoms with van der Waals surface area (Å²) >= 11 is 0. The standard InChI is InChI=1S/C25H25FN2O2/c1-4-28(3)25(30)22-13-12-21(15-23(22)26)19-8-10-20(11-9-19)24(29)14-7-18-6-5-17(2)27-16-18/h5-6,8-13,15-16H,4,7,14H2,1-3H3. The van der Waals surface area contributed by atoms with E-state index in [1.165, 1.54) is 17.0 Å². The molecule has 154 valence electrons. The van der Waals surface area contributed by atoms with E-state index in [0.29, 0.717) is 30.5 Å². The second-order valence-electron chi connectivity index (χ2n) is 7.32. The maximum Gasteiger partial charge on any atom is 0.256 e. The van der Waals surface area contributed by atoms with Crippen LogP contribution in [-0.4, -0.2) is 35.2 Å². The number of hydrogen-bond donors (Lipinski definition) is 0. The minimum Gasteiger partial charge on any atom is -0.342 e. The predicted molar refractivity (Wildman–Crippen MR) is 116 cm³/mol. The number of aromatic nitrogens is 1. The highest BCUT2D eigenvalue weighted by atomic mass is 19.1. The first-order valence-corrected chi connectivity index (χ1v) is 9.99. The van der Waals surface area contributed by atoms with Crippen molar-refractivity contribution in [3.05, 3.63) is 89.0 Å². The van der Waals surface area contributed by atoms with Crippen molar-refractivity contribution in [3.63, 3.8) is 0 Å². The zero-order valence-electron chi connectivity index (χ0n) is 17.5. The Bertz CT molecular complexity index is 1040. The van der Waals surface area contributed by atoms with Crippen molar-refractivity contribution < 1.29 is 14.0 Å². The molecule has 1 heterocycles. The van der Waals surface area contributed by atoms with E-state index in [4.69, 9.17) is 0 Å². The van der Waals surface area contributed by atoms with Gasteiger partial charge < -0.3 is 4.90 Å². The first kappa shape index (κ1) is 21.4. The predicted octanol–water partition coefficient (Wildman–Crippen LogP) is 5.10. The molecule has 1 amide bonds. The monoisotopic (exact) mass is 404 g/mol. The van der Waals surface area contributed by atoms with Gasteiger partial charge in [-0.3, -0.25) is 14.6 Å². The fraction of sp³-hybridized carbons (Fsp3) is 0.240. The van der Waals surface area contributed by atoms with Gasteiger partial charge in [-0.15, -0.1) is 0 Å². The van der Waals surface area contributed by atoms with Crippen LogP contribution in [0.25, 0.3) is 11.1 Å². The van der Waals surface area contributed by atoms with Crippen LogP contribution in [0.5, 0.6) is 0 Å². The number of ketones is 1. The highest BCUT2D eigenvalue weighted by Crippen LogP contribution is 2.23. The number of nitrogens with zero attached hydrogens (tertiary/aromatic N) is 2. The summed E-state index contributed by atoms with van der Waals surface area (Å²) in [5.74, 6) is -0.840. The van der Waals surface area contributed by atoms with Crippen LogP contribution in [0.2, 0.25) is 0 Å². The van der Waals surface area contributed by atoms with Crippen molar-refractivity contribution in [1.29, 1.82) is 0 Å². The molecule has 0 aliphatic carbocycles. The first-order chi connectivity index (χ1) is 14.4. The highest BCUT2D eigenvalue weighted by Gasteiger charge is 2.16. The molecule has 0 radical (unpaired) electrons. The summed E-state index contributed by atoms with van der Waals surface area (Å²) in [7, 11) is 1.64. The Kier molecular flexibility index (Phi) is 6.72. The summed E-state index contributed by atoms with van der Waals surface area (Å²) in [6, 6.07) is 15.6. The van der Waals surface area contributed by atoms with Crippen molar-refractivity contribution in [2.24, 2.45) is 0 Å². The SMILES string of the molecule is CCN(C)C(=O)c1ccc(-c2ccc(C(=O)CCc3ccc(C)nc3)cc2)cc1F. The van der Waals surface area contributed by atoms with Crippen LogP contribution in [0.3, 0.4) is 0 Å². The Morgan fingerprint density at radius 2 is 1.70 bits per heavy atom. The fourth-order valence-electron chi connectivity index (χ4n) is 3.11. The van der Waals surface area contributed by atoms with E-state index in [9.17, 15) is 14.0 Å². The average Bonchev–Trinajstić information content (AvgIpc) is 2.77. The molecule has 4 nitrogen and oxygen atoms in total. The largest absolute Gasteiger partial charge is 0.342 e. The fourth-order valence-corrected chi connectivity index (χ4v) is 3.11. The van der Waals surface area contributed by atoms with Crippen LogP contribution >= 0.6 is 0 Å². The van der Waals surface area contributed by atoms with E-state index >= 15 is 0 Å². The van der Waals surface area contributed by atoms with E-state index in [1.807, 2.05) is 26.0 Å². The molecular formula is C25H25FN2O2. The Hall–Kier alpha value is -3.34. The summed E-state index contributed by atoms with van der Waals surface area (Å²) < 4.78 is 14.5. The Morgan fingerprint density at radius 3 is 2.30 bits per heavy atom. The number of aryl methyl sites for hydroxylation is 2. The topological polar surface area (TPSA) is 50.3 Å². The molecule has 0 aliphatic heterocycles. The lowest BCUT2D eigenvalue weighted by Gasteiger charge is -2.15. The molecule has 3 rings (SSSR count). The number of pyridine rings is 1. The third-order valence-corrected chi connectivity index (χ3v) is 5.17. The van der Waals surface area contributed by atoms with Crippen LogP contribution in [-0.2, 0) is 6.42 Å². The Labute approximate surface area is 176 Å². The van der Waals surface area contributed by atoms with Gasteiger partial charge in [0.2, 0.25) is 0 Å². The molecule has 0 atom stereocenters. The molecule has 2 aromatic carbocycles. The molecule has 0 bridgehead atoms. The third kappa shape index (κ3) is 4.98. The maximum absolute atomic E-state index is 14.5. The van der Waals surface area contributed by atoms with Gasteiger partial charge in [-0.25, -0.2) is 4.39 Å². The van der Waals surface area contributed by atoms with Gasteiger partial charge in [-0.1, -0.05) is 36.4 Å². The maximum atomic E-state index is 14.5. The lowest BCUT2D eigenvalue weighted by molar-refractivity contribution is 0.0797. The minimum absolute atomic E-state index is 0.0526. The minimum atomic E-state index is -0.551. The van der Waals surface area contributed by atoms with E-state index in [0.717, 1.165) is 16.8 Å². The lowest BCUT2D eigenvalue weighted by atomic mass is 9.99. The van der Waals surface area contributed by atoms with Crippen LogP contribution in [0, 0.1) is 12.7 Å². The molecule has 0 N–H and O–H groups in total. The molecule has 0 aliphatic rings. The van der Waals surface area contributed by atoms with Crippen molar-refractivity contribution in [1.82, 2.24) is 9.88 Å². The number of halogens is 1. The van der Waals surface area contributed by atoms with Crippen LogP contribution < -0.4 is 0 Å². The zero-order valence-corrected chi connectivity index (χ0v) is 17.5. The van der Waals surface area contributed by atoms with E-state index in [1.54, 1.807) is 43.6 Å². The number of carbonyl (C=O) groups is 2. The van der Waals surface area contributed by atoms with E-state index < -0.39 is 5.82 Å². The van der Waals surface area contributed by atoms with Gasteiger partial charge in [0.15, 0.2) is 5.78 Å². The van der Waals surface area contributed by atoms with Crippen molar-refractivity contribution >= 4 is 11.7 Å². The number of rotatable bonds is 7. The normalized spacial score (nSPS) is 10.7. The van der Waals surface area contributed by atoms with Gasteiger partial charge in [0, 0.05) is 37.5 Å². The highest BCUT2D eigenvalue weighted by molar-refractivity contribution is 5.97. The molecule has 0 saturated carbocycles. The number of Topliss-reactive ketones (excluding diaryl/α,β-unsaturated/α-hetero) is 1. The molecular weight excluding hydrogens is 379 g/mol.